The standard InChI is InChI=1S/C12H15ClF2N2O2/c1-17(2)6-7(18)5-16-12(19)8-3-10(14)11(15)4-9(8)13/h3-4,7,18H,5-6H2,1-2H3,(H,16,19). The lowest BCUT2D eigenvalue weighted by atomic mass is 10.2. The summed E-state index contributed by atoms with van der Waals surface area (Å²) in [6.45, 7) is 0.359. The van der Waals surface area contributed by atoms with E-state index in [2.05, 4.69) is 5.32 Å². The van der Waals surface area contributed by atoms with E-state index in [4.69, 9.17) is 11.6 Å². The van der Waals surface area contributed by atoms with E-state index in [0.29, 0.717) is 6.54 Å². The summed E-state index contributed by atoms with van der Waals surface area (Å²) < 4.78 is 25.9. The Kier molecular flexibility index (Phi) is 5.65. The third-order valence-electron chi connectivity index (χ3n) is 2.33. The molecule has 0 aromatic heterocycles. The fourth-order valence-corrected chi connectivity index (χ4v) is 1.72. The summed E-state index contributed by atoms with van der Waals surface area (Å²) in [7, 11) is 3.55. The average Bonchev–Trinajstić information content (AvgIpc) is 2.30. The largest absolute Gasteiger partial charge is 0.390 e. The van der Waals surface area contributed by atoms with Crippen LogP contribution < -0.4 is 5.32 Å². The highest BCUT2D eigenvalue weighted by Gasteiger charge is 2.16. The molecule has 4 nitrogen and oxygen atoms in total. The first-order chi connectivity index (χ1) is 8.81. The Hall–Kier alpha value is -1.24. The van der Waals surface area contributed by atoms with Crippen LogP contribution in [0.4, 0.5) is 8.78 Å². The van der Waals surface area contributed by atoms with E-state index in [0.717, 1.165) is 12.1 Å². The first kappa shape index (κ1) is 15.8. The SMILES string of the molecule is CN(C)CC(O)CNC(=O)c1cc(F)c(F)cc1Cl. The molecule has 19 heavy (non-hydrogen) atoms. The second-order valence-electron chi connectivity index (χ2n) is 4.37. The van der Waals surface area contributed by atoms with Crippen LogP contribution in [0.2, 0.25) is 5.02 Å². The van der Waals surface area contributed by atoms with Crippen molar-refractivity contribution in [3.05, 3.63) is 34.4 Å². The van der Waals surface area contributed by atoms with Crippen molar-refractivity contribution in [2.45, 2.75) is 6.10 Å². The lowest BCUT2D eigenvalue weighted by Crippen LogP contribution is -2.37. The molecule has 0 heterocycles. The van der Waals surface area contributed by atoms with Gasteiger partial charge in [-0.15, -0.1) is 0 Å². The third kappa shape index (κ3) is 4.74. The minimum atomic E-state index is -1.15. The molecule has 0 saturated heterocycles. The van der Waals surface area contributed by atoms with Crippen LogP contribution in [0.1, 0.15) is 10.4 Å². The van der Waals surface area contributed by atoms with Gasteiger partial charge < -0.3 is 15.3 Å². The number of rotatable bonds is 5. The molecule has 0 saturated carbocycles. The summed E-state index contributed by atoms with van der Waals surface area (Å²) >= 11 is 5.66. The van der Waals surface area contributed by atoms with Crippen LogP contribution in [-0.2, 0) is 0 Å². The highest BCUT2D eigenvalue weighted by atomic mass is 35.5. The van der Waals surface area contributed by atoms with Crippen molar-refractivity contribution in [1.29, 1.82) is 0 Å². The molecule has 1 aromatic carbocycles. The van der Waals surface area contributed by atoms with Crippen LogP contribution in [0.25, 0.3) is 0 Å². The Morgan fingerprint density at radius 2 is 2.00 bits per heavy atom. The van der Waals surface area contributed by atoms with Crippen molar-refractivity contribution in [3.8, 4) is 0 Å². The smallest absolute Gasteiger partial charge is 0.252 e. The number of aliphatic hydroxyl groups excluding tert-OH is 1. The van der Waals surface area contributed by atoms with Gasteiger partial charge in [-0.25, -0.2) is 8.78 Å². The van der Waals surface area contributed by atoms with Crippen LogP contribution in [-0.4, -0.2) is 49.2 Å². The average molecular weight is 293 g/mol. The normalized spacial score (nSPS) is 12.6. The molecular weight excluding hydrogens is 278 g/mol. The van der Waals surface area contributed by atoms with Crippen molar-refractivity contribution in [2.75, 3.05) is 27.2 Å². The number of hydrogen-bond donors (Lipinski definition) is 2. The summed E-state index contributed by atoms with van der Waals surface area (Å²) in [4.78, 5) is 13.5. The maximum Gasteiger partial charge on any atom is 0.252 e. The topological polar surface area (TPSA) is 52.6 Å². The van der Waals surface area contributed by atoms with E-state index in [1.165, 1.54) is 0 Å². The van der Waals surface area contributed by atoms with E-state index < -0.39 is 23.6 Å². The van der Waals surface area contributed by atoms with Gasteiger partial charge in [0.2, 0.25) is 0 Å². The third-order valence-corrected chi connectivity index (χ3v) is 2.64. The number of hydrogen-bond acceptors (Lipinski definition) is 3. The molecule has 1 unspecified atom stereocenters. The predicted molar refractivity (Wildman–Crippen MR) is 68.3 cm³/mol. The molecule has 0 aliphatic rings. The second-order valence-corrected chi connectivity index (χ2v) is 4.78. The molecular formula is C12H15ClF2N2O2. The van der Waals surface area contributed by atoms with Crippen LogP contribution in [0, 0.1) is 11.6 Å². The Bertz CT molecular complexity index is 469. The van der Waals surface area contributed by atoms with Gasteiger partial charge in [0.1, 0.15) is 0 Å². The molecule has 1 atom stereocenters. The quantitative estimate of drug-likeness (QED) is 0.804. The summed E-state index contributed by atoms with van der Waals surface area (Å²) in [5.74, 6) is -2.93. The van der Waals surface area contributed by atoms with Gasteiger partial charge in [-0.1, -0.05) is 11.6 Å². The summed E-state index contributed by atoms with van der Waals surface area (Å²) in [6, 6.07) is 1.47. The lowest BCUT2D eigenvalue weighted by molar-refractivity contribution is 0.0892. The van der Waals surface area contributed by atoms with E-state index in [9.17, 15) is 18.7 Å². The predicted octanol–water partition coefficient (Wildman–Crippen LogP) is 1.27. The van der Waals surface area contributed by atoms with Gasteiger partial charge in [-0.05, 0) is 26.2 Å². The van der Waals surface area contributed by atoms with Gasteiger partial charge in [0.25, 0.3) is 5.91 Å². The molecule has 0 fully saturated rings. The lowest BCUT2D eigenvalue weighted by Gasteiger charge is -2.16. The molecule has 1 rings (SSSR count). The van der Waals surface area contributed by atoms with Gasteiger partial charge in [0.15, 0.2) is 11.6 Å². The van der Waals surface area contributed by atoms with E-state index in [1.807, 2.05) is 0 Å². The van der Waals surface area contributed by atoms with Gasteiger partial charge in [0, 0.05) is 13.1 Å². The van der Waals surface area contributed by atoms with Gasteiger partial charge >= 0.3 is 0 Å². The Labute approximate surface area is 115 Å². The highest BCUT2D eigenvalue weighted by Crippen LogP contribution is 2.19. The molecule has 106 valence electrons. The number of carbonyl (C=O) groups excluding carboxylic acids is 1. The number of carbonyl (C=O) groups is 1. The van der Waals surface area contributed by atoms with Crippen molar-refractivity contribution in [2.24, 2.45) is 0 Å². The van der Waals surface area contributed by atoms with Crippen LogP contribution in [0.5, 0.6) is 0 Å². The molecule has 0 radical (unpaired) electrons. The summed E-state index contributed by atoms with van der Waals surface area (Å²) in [6.07, 6.45) is -0.761. The van der Waals surface area contributed by atoms with Crippen molar-refractivity contribution in [3.63, 3.8) is 0 Å². The fraction of sp³-hybridized carbons (Fsp3) is 0.417. The maximum atomic E-state index is 13.0. The Balaban J connectivity index is 2.66. The van der Waals surface area contributed by atoms with Crippen LogP contribution >= 0.6 is 11.6 Å². The molecule has 1 amide bonds. The first-order valence-electron chi connectivity index (χ1n) is 5.56. The van der Waals surface area contributed by atoms with Crippen molar-refractivity contribution < 1.29 is 18.7 Å². The zero-order chi connectivity index (χ0) is 14.6. The minimum absolute atomic E-state index is 0.00760. The zero-order valence-corrected chi connectivity index (χ0v) is 11.3. The molecule has 0 bridgehead atoms. The van der Waals surface area contributed by atoms with Gasteiger partial charge in [-0.2, -0.15) is 0 Å². The Morgan fingerprint density at radius 1 is 1.42 bits per heavy atom. The molecule has 7 heteroatoms. The van der Waals surface area contributed by atoms with Crippen LogP contribution in [0.15, 0.2) is 12.1 Å². The van der Waals surface area contributed by atoms with E-state index in [-0.39, 0.29) is 17.1 Å². The Morgan fingerprint density at radius 3 is 2.58 bits per heavy atom. The number of halogens is 3. The van der Waals surface area contributed by atoms with Crippen LogP contribution in [0.3, 0.4) is 0 Å². The number of amides is 1. The van der Waals surface area contributed by atoms with Crippen molar-refractivity contribution in [1.82, 2.24) is 10.2 Å². The number of likely N-dealkylation sites (N-methyl/N-ethyl adjacent to an activating group) is 1. The molecule has 0 aliphatic heterocycles. The zero-order valence-electron chi connectivity index (χ0n) is 10.6. The maximum absolute atomic E-state index is 13.0. The molecule has 0 aliphatic carbocycles. The summed E-state index contributed by atoms with van der Waals surface area (Å²) in [5.41, 5.74) is -0.169. The summed E-state index contributed by atoms with van der Waals surface area (Å²) in [5, 5.41) is 11.8. The fourth-order valence-electron chi connectivity index (χ4n) is 1.49. The molecule has 1 aromatic rings. The number of nitrogens with zero attached hydrogens (tertiary/aromatic N) is 1. The first-order valence-corrected chi connectivity index (χ1v) is 5.94. The highest BCUT2D eigenvalue weighted by molar-refractivity contribution is 6.33. The number of nitrogens with one attached hydrogen (secondary N) is 1. The molecule has 0 spiro atoms. The number of benzene rings is 1. The van der Waals surface area contributed by atoms with E-state index in [1.54, 1.807) is 19.0 Å². The molecule has 2 N–H and O–H groups in total. The van der Waals surface area contributed by atoms with E-state index >= 15 is 0 Å². The monoisotopic (exact) mass is 292 g/mol. The minimum Gasteiger partial charge on any atom is -0.390 e. The van der Waals surface area contributed by atoms with Gasteiger partial charge in [-0.3, -0.25) is 4.79 Å². The second kappa shape index (κ2) is 6.79. The van der Waals surface area contributed by atoms with Gasteiger partial charge in [0.05, 0.1) is 16.7 Å². The van der Waals surface area contributed by atoms with Crippen molar-refractivity contribution >= 4 is 17.5 Å². The number of aliphatic hydroxyl groups is 1.